The molecule has 0 bridgehead atoms. The van der Waals surface area contributed by atoms with Gasteiger partial charge < -0.3 is 5.11 Å². The maximum Gasteiger partial charge on any atom is 0.103 e. The zero-order valence-corrected chi connectivity index (χ0v) is 6.92. The maximum atomic E-state index is 9.63. The minimum absolute atomic E-state index is 0.359. The van der Waals surface area contributed by atoms with E-state index in [1.807, 2.05) is 0 Å². The number of aromatic nitrogens is 2. The van der Waals surface area contributed by atoms with Crippen molar-refractivity contribution in [3.63, 3.8) is 0 Å². The van der Waals surface area contributed by atoms with Gasteiger partial charge in [0.25, 0.3) is 0 Å². The first-order valence-corrected chi connectivity index (χ1v) is 4.56. The van der Waals surface area contributed by atoms with Crippen molar-refractivity contribution in [3.05, 3.63) is 11.9 Å². The molecule has 0 amide bonds. The minimum Gasteiger partial charge on any atom is -0.386 e. The molecule has 1 aromatic heterocycles. The van der Waals surface area contributed by atoms with Gasteiger partial charge in [0.2, 0.25) is 0 Å². The Labute approximate surface area is 69.4 Å². The van der Waals surface area contributed by atoms with Crippen LogP contribution in [0.3, 0.4) is 0 Å². The predicted molar refractivity (Wildman–Crippen MR) is 42.2 cm³/mol. The van der Waals surface area contributed by atoms with Gasteiger partial charge in [0.1, 0.15) is 11.8 Å². The number of hydrogen-bond acceptors (Lipinski definition) is 4. The van der Waals surface area contributed by atoms with Gasteiger partial charge in [0, 0.05) is 0 Å². The molecular formula is C7H10N2OS. The maximum absolute atomic E-state index is 9.63. The normalized spacial score (nSPS) is 21.2. The molecule has 1 heterocycles. The van der Waals surface area contributed by atoms with Crippen molar-refractivity contribution < 1.29 is 5.11 Å². The van der Waals surface area contributed by atoms with E-state index < -0.39 is 0 Å². The van der Waals surface area contributed by atoms with Crippen LogP contribution in [0, 0.1) is 5.92 Å². The van der Waals surface area contributed by atoms with Crippen LogP contribution in [0.1, 0.15) is 31.1 Å². The monoisotopic (exact) mass is 170 g/mol. The molecule has 3 nitrogen and oxygen atoms in total. The van der Waals surface area contributed by atoms with Crippen molar-refractivity contribution in [2.24, 2.45) is 5.92 Å². The molecule has 0 saturated heterocycles. The summed E-state index contributed by atoms with van der Waals surface area (Å²) in [4.78, 5) is 0. The lowest BCUT2D eigenvalue weighted by molar-refractivity contribution is 0.0593. The highest BCUT2D eigenvalue weighted by molar-refractivity contribution is 6.99. The van der Waals surface area contributed by atoms with Gasteiger partial charge in [0.15, 0.2) is 0 Å². The van der Waals surface area contributed by atoms with E-state index in [1.165, 1.54) is 6.42 Å². The number of nitrogens with zero attached hydrogens (tertiary/aromatic N) is 2. The average molecular weight is 170 g/mol. The molecule has 11 heavy (non-hydrogen) atoms. The SMILES string of the molecule is OC(c1cnsn1)C1CCC1. The Morgan fingerprint density at radius 1 is 1.64 bits per heavy atom. The quantitative estimate of drug-likeness (QED) is 0.729. The molecule has 2 rings (SSSR count). The Balaban J connectivity index is 2.04. The first kappa shape index (κ1) is 7.18. The average Bonchev–Trinajstić information content (AvgIpc) is 2.32. The summed E-state index contributed by atoms with van der Waals surface area (Å²) >= 11 is 1.16. The van der Waals surface area contributed by atoms with Crippen molar-refractivity contribution in [3.8, 4) is 0 Å². The van der Waals surface area contributed by atoms with E-state index in [0.717, 1.165) is 30.3 Å². The van der Waals surface area contributed by atoms with E-state index in [0.29, 0.717) is 5.92 Å². The van der Waals surface area contributed by atoms with Crippen molar-refractivity contribution in [1.29, 1.82) is 0 Å². The van der Waals surface area contributed by atoms with E-state index in [9.17, 15) is 5.11 Å². The third-order valence-electron chi connectivity index (χ3n) is 2.28. The van der Waals surface area contributed by atoms with Crippen LogP contribution in [-0.2, 0) is 0 Å². The van der Waals surface area contributed by atoms with Gasteiger partial charge in [0.05, 0.1) is 17.9 Å². The smallest absolute Gasteiger partial charge is 0.103 e. The molecule has 0 aliphatic heterocycles. The van der Waals surface area contributed by atoms with Gasteiger partial charge in [-0.05, 0) is 18.8 Å². The van der Waals surface area contributed by atoms with E-state index >= 15 is 0 Å². The van der Waals surface area contributed by atoms with Crippen LogP contribution in [0.25, 0.3) is 0 Å². The summed E-state index contributed by atoms with van der Waals surface area (Å²) < 4.78 is 7.85. The summed E-state index contributed by atoms with van der Waals surface area (Å²) in [6, 6.07) is 0. The van der Waals surface area contributed by atoms with E-state index in [-0.39, 0.29) is 6.10 Å². The molecule has 0 aromatic carbocycles. The molecule has 0 radical (unpaired) electrons. The van der Waals surface area contributed by atoms with E-state index in [2.05, 4.69) is 8.75 Å². The molecule has 1 atom stereocenters. The summed E-state index contributed by atoms with van der Waals surface area (Å²) in [6.45, 7) is 0. The summed E-state index contributed by atoms with van der Waals surface area (Å²) in [7, 11) is 0. The molecule has 1 saturated carbocycles. The Morgan fingerprint density at radius 3 is 2.91 bits per heavy atom. The molecule has 1 unspecified atom stereocenters. The molecule has 1 fully saturated rings. The Kier molecular flexibility index (Phi) is 1.87. The fraction of sp³-hybridized carbons (Fsp3) is 0.714. The van der Waals surface area contributed by atoms with Crippen molar-refractivity contribution in [1.82, 2.24) is 8.75 Å². The lowest BCUT2D eigenvalue weighted by atomic mass is 9.80. The lowest BCUT2D eigenvalue weighted by Gasteiger charge is -2.28. The molecule has 0 spiro atoms. The second-order valence-electron chi connectivity index (χ2n) is 2.97. The zero-order chi connectivity index (χ0) is 7.68. The van der Waals surface area contributed by atoms with Crippen LogP contribution in [0.15, 0.2) is 6.20 Å². The van der Waals surface area contributed by atoms with E-state index in [1.54, 1.807) is 6.20 Å². The fourth-order valence-electron chi connectivity index (χ4n) is 1.30. The number of rotatable bonds is 2. The van der Waals surface area contributed by atoms with Gasteiger partial charge >= 0.3 is 0 Å². The zero-order valence-electron chi connectivity index (χ0n) is 6.10. The van der Waals surface area contributed by atoms with Crippen molar-refractivity contribution in [2.45, 2.75) is 25.4 Å². The first-order chi connectivity index (χ1) is 5.38. The predicted octanol–water partition coefficient (Wildman–Crippen LogP) is 1.37. The van der Waals surface area contributed by atoms with Crippen LogP contribution in [0.4, 0.5) is 0 Å². The van der Waals surface area contributed by atoms with Crippen LogP contribution >= 0.6 is 11.7 Å². The third kappa shape index (κ3) is 1.28. The summed E-state index contributed by atoms with van der Waals surface area (Å²) in [5.41, 5.74) is 0.750. The van der Waals surface area contributed by atoms with Crippen molar-refractivity contribution in [2.75, 3.05) is 0 Å². The van der Waals surface area contributed by atoms with Crippen LogP contribution in [0.5, 0.6) is 0 Å². The summed E-state index contributed by atoms with van der Waals surface area (Å²) in [5.74, 6) is 0.443. The van der Waals surface area contributed by atoms with Gasteiger partial charge in [-0.3, -0.25) is 0 Å². The van der Waals surface area contributed by atoms with Crippen LogP contribution in [0.2, 0.25) is 0 Å². The van der Waals surface area contributed by atoms with Crippen LogP contribution < -0.4 is 0 Å². The largest absolute Gasteiger partial charge is 0.386 e. The summed E-state index contributed by atoms with van der Waals surface area (Å²) in [5, 5.41) is 9.63. The van der Waals surface area contributed by atoms with Crippen molar-refractivity contribution >= 4 is 11.7 Å². The molecular weight excluding hydrogens is 160 g/mol. The first-order valence-electron chi connectivity index (χ1n) is 3.83. The van der Waals surface area contributed by atoms with E-state index in [4.69, 9.17) is 0 Å². The fourth-order valence-corrected chi connectivity index (χ4v) is 1.75. The summed E-state index contributed by atoms with van der Waals surface area (Å²) in [6.07, 6.45) is 4.83. The highest BCUT2D eigenvalue weighted by Gasteiger charge is 2.27. The third-order valence-corrected chi connectivity index (χ3v) is 2.77. The molecule has 1 aromatic rings. The molecule has 1 aliphatic carbocycles. The van der Waals surface area contributed by atoms with Gasteiger partial charge in [-0.2, -0.15) is 8.75 Å². The van der Waals surface area contributed by atoms with Gasteiger partial charge in [-0.1, -0.05) is 6.42 Å². The molecule has 1 N–H and O–H groups in total. The Bertz CT molecular complexity index is 220. The number of aliphatic hydroxyl groups excluding tert-OH is 1. The topological polar surface area (TPSA) is 46.0 Å². The van der Waals surface area contributed by atoms with Gasteiger partial charge in [-0.25, -0.2) is 0 Å². The number of aliphatic hydroxyl groups is 1. The van der Waals surface area contributed by atoms with Gasteiger partial charge in [-0.15, -0.1) is 0 Å². The Morgan fingerprint density at radius 2 is 2.45 bits per heavy atom. The standard InChI is InChI=1S/C7H10N2OS/c10-7(5-2-1-3-5)6-4-8-11-9-6/h4-5,7,10H,1-3H2. The van der Waals surface area contributed by atoms with Crippen LogP contribution in [-0.4, -0.2) is 13.9 Å². The lowest BCUT2D eigenvalue weighted by Crippen LogP contribution is -2.20. The second-order valence-corrected chi connectivity index (χ2v) is 3.52. The molecule has 4 heteroatoms. The minimum atomic E-state index is -0.359. The number of hydrogen-bond donors (Lipinski definition) is 1. The molecule has 1 aliphatic rings. The Hall–Kier alpha value is -0.480. The molecule has 60 valence electrons. The highest BCUT2D eigenvalue weighted by atomic mass is 32.1. The highest BCUT2D eigenvalue weighted by Crippen LogP contribution is 2.36. The second kappa shape index (κ2) is 2.87.